The van der Waals surface area contributed by atoms with Crippen molar-refractivity contribution >= 4 is 0 Å². The van der Waals surface area contributed by atoms with E-state index in [1.54, 1.807) is 0 Å². The Morgan fingerprint density at radius 2 is 2.00 bits per heavy atom. The molecule has 0 aromatic heterocycles. The Morgan fingerprint density at radius 3 is 2.47 bits per heavy atom. The van der Waals surface area contributed by atoms with Crippen molar-refractivity contribution < 1.29 is 10.2 Å². The van der Waals surface area contributed by atoms with Gasteiger partial charge in [0, 0.05) is 12.1 Å². The van der Waals surface area contributed by atoms with Gasteiger partial charge in [0.25, 0.3) is 0 Å². The molecule has 0 amide bonds. The summed E-state index contributed by atoms with van der Waals surface area (Å²) in [6, 6.07) is 0.971. The van der Waals surface area contributed by atoms with E-state index >= 15 is 0 Å². The second-order valence-electron chi connectivity index (χ2n) is 5.07. The highest BCUT2D eigenvalue weighted by molar-refractivity contribution is 4.89. The largest absolute Gasteiger partial charge is 0.394 e. The molecular formula is C11H24N2O2. The van der Waals surface area contributed by atoms with Crippen LogP contribution < -0.4 is 5.32 Å². The second-order valence-corrected chi connectivity index (χ2v) is 5.07. The lowest BCUT2D eigenvalue weighted by atomic mass is 9.95. The smallest absolute Gasteiger partial charge is 0.0633 e. The van der Waals surface area contributed by atoms with Gasteiger partial charge >= 0.3 is 0 Å². The quantitative estimate of drug-likeness (QED) is 0.609. The Kier molecular flexibility index (Phi) is 4.52. The normalized spacial score (nSPS) is 29.4. The number of aliphatic hydroxyl groups is 2. The van der Waals surface area contributed by atoms with E-state index < -0.39 is 5.54 Å². The molecule has 1 fully saturated rings. The van der Waals surface area contributed by atoms with Gasteiger partial charge in [-0.2, -0.15) is 0 Å². The zero-order valence-electron chi connectivity index (χ0n) is 10.0. The van der Waals surface area contributed by atoms with Crippen LogP contribution in [0.3, 0.4) is 0 Å². The summed E-state index contributed by atoms with van der Waals surface area (Å²) < 4.78 is 0. The topological polar surface area (TPSA) is 55.7 Å². The molecule has 2 atom stereocenters. The minimum atomic E-state index is -0.541. The lowest BCUT2D eigenvalue weighted by Gasteiger charge is -2.39. The third-order valence-electron chi connectivity index (χ3n) is 3.46. The monoisotopic (exact) mass is 216 g/mol. The van der Waals surface area contributed by atoms with Crippen molar-refractivity contribution in [3.63, 3.8) is 0 Å². The number of piperidine rings is 1. The van der Waals surface area contributed by atoms with E-state index in [1.165, 1.54) is 0 Å². The lowest BCUT2D eigenvalue weighted by molar-refractivity contribution is 0.0738. The summed E-state index contributed by atoms with van der Waals surface area (Å²) in [7, 11) is 2.14. The molecule has 4 heteroatoms. The predicted molar refractivity (Wildman–Crippen MR) is 60.8 cm³/mol. The molecule has 0 spiro atoms. The van der Waals surface area contributed by atoms with Gasteiger partial charge in [-0.05, 0) is 40.3 Å². The fourth-order valence-electron chi connectivity index (χ4n) is 2.05. The average Bonchev–Trinajstić information content (AvgIpc) is 2.23. The van der Waals surface area contributed by atoms with Crippen molar-refractivity contribution in [3.8, 4) is 0 Å². The van der Waals surface area contributed by atoms with Gasteiger partial charge in [0.05, 0.1) is 18.8 Å². The number of likely N-dealkylation sites (tertiary alicyclic amines) is 1. The first-order valence-corrected chi connectivity index (χ1v) is 5.70. The number of hydrogen-bond donors (Lipinski definition) is 3. The van der Waals surface area contributed by atoms with E-state index in [1.807, 2.05) is 6.92 Å². The van der Waals surface area contributed by atoms with Gasteiger partial charge in [0.15, 0.2) is 0 Å². The standard InChI is InChI=1S/C11H24N2O2/c1-9-6-10(4-5-13(9)3)12-11(2,7-14)8-15/h9-10,12,14-15H,4-8H2,1-3H3. The third-order valence-corrected chi connectivity index (χ3v) is 3.46. The fraction of sp³-hybridized carbons (Fsp3) is 1.00. The Morgan fingerprint density at radius 1 is 1.40 bits per heavy atom. The second kappa shape index (κ2) is 5.25. The van der Waals surface area contributed by atoms with Crippen LogP contribution in [-0.4, -0.2) is 59.5 Å². The fourth-order valence-corrected chi connectivity index (χ4v) is 2.05. The first-order valence-electron chi connectivity index (χ1n) is 5.70. The summed E-state index contributed by atoms with van der Waals surface area (Å²) >= 11 is 0. The van der Waals surface area contributed by atoms with Gasteiger partial charge in [-0.25, -0.2) is 0 Å². The minimum absolute atomic E-state index is 0.0236. The minimum Gasteiger partial charge on any atom is -0.394 e. The number of hydrogen-bond acceptors (Lipinski definition) is 4. The predicted octanol–water partition coefficient (Wildman–Crippen LogP) is -0.198. The molecule has 1 aliphatic heterocycles. The highest BCUT2D eigenvalue weighted by atomic mass is 16.3. The highest BCUT2D eigenvalue weighted by Gasteiger charge is 2.29. The zero-order chi connectivity index (χ0) is 11.5. The van der Waals surface area contributed by atoms with Crippen molar-refractivity contribution in [3.05, 3.63) is 0 Å². The van der Waals surface area contributed by atoms with Crippen LogP contribution in [-0.2, 0) is 0 Å². The van der Waals surface area contributed by atoms with Crippen LogP contribution in [0.2, 0.25) is 0 Å². The maximum absolute atomic E-state index is 9.20. The molecule has 0 bridgehead atoms. The van der Waals surface area contributed by atoms with Crippen molar-refractivity contribution in [1.29, 1.82) is 0 Å². The van der Waals surface area contributed by atoms with Crippen molar-refractivity contribution in [2.24, 2.45) is 0 Å². The van der Waals surface area contributed by atoms with Gasteiger partial charge in [-0.3, -0.25) is 0 Å². The molecular weight excluding hydrogens is 192 g/mol. The van der Waals surface area contributed by atoms with Gasteiger partial charge in [-0.15, -0.1) is 0 Å². The molecule has 0 aliphatic carbocycles. The Hall–Kier alpha value is -0.160. The average molecular weight is 216 g/mol. The Bertz CT molecular complexity index is 195. The van der Waals surface area contributed by atoms with Crippen LogP contribution in [0.15, 0.2) is 0 Å². The van der Waals surface area contributed by atoms with Crippen molar-refractivity contribution in [2.75, 3.05) is 26.8 Å². The Labute approximate surface area is 92.3 Å². The number of rotatable bonds is 4. The molecule has 1 rings (SSSR count). The number of aliphatic hydroxyl groups excluding tert-OH is 2. The summed E-state index contributed by atoms with van der Waals surface area (Å²) in [5, 5.41) is 21.8. The highest BCUT2D eigenvalue weighted by Crippen LogP contribution is 2.17. The molecule has 15 heavy (non-hydrogen) atoms. The summed E-state index contributed by atoms with van der Waals surface area (Å²) in [5.74, 6) is 0. The first-order chi connectivity index (χ1) is 7.00. The maximum Gasteiger partial charge on any atom is 0.0633 e. The first kappa shape index (κ1) is 12.9. The molecule has 0 radical (unpaired) electrons. The Balaban J connectivity index is 2.45. The summed E-state index contributed by atoms with van der Waals surface area (Å²) in [4.78, 5) is 2.34. The third kappa shape index (κ3) is 3.41. The van der Waals surface area contributed by atoms with Crippen molar-refractivity contribution in [1.82, 2.24) is 10.2 Å². The molecule has 0 aromatic rings. The number of nitrogens with zero attached hydrogens (tertiary/aromatic N) is 1. The van der Waals surface area contributed by atoms with E-state index in [-0.39, 0.29) is 13.2 Å². The van der Waals surface area contributed by atoms with Crippen molar-refractivity contribution in [2.45, 2.75) is 44.3 Å². The van der Waals surface area contributed by atoms with E-state index in [0.717, 1.165) is 19.4 Å². The van der Waals surface area contributed by atoms with Gasteiger partial charge < -0.3 is 20.4 Å². The van der Waals surface area contributed by atoms with E-state index in [2.05, 4.69) is 24.2 Å². The molecule has 1 saturated heterocycles. The molecule has 2 unspecified atom stereocenters. The molecule has 90 valence electrons. The number of nitrogens with one attached hydrogen (secondary N) is 1. The molecule has 3 N–H and O–H groups in total. The van der Waals surface area contributed by atoms with Crippen LogP contribution in [0.1, 0.15) is 26.7 Å². The van der Waals surface area contributed by atoms with Crippen LogP contribution in [0.5, 0.6) is 0 Å². The molecule has 0 aromatic carbocycles. The summed E-state index contributed by atoms with van der Waals surface area (Å²) in [6.45, 7) is 5.10. The lowest BCUT2D eigenvalue weighted by Crippen LogP contribution is -2.57. The van der Waals surface area contributed by atoms with E-state index in [9.17, 15) is 10.2 Å². The SMILES string of the molecule is CC1CC(NC(C)(CO)CO)CCN1C. The molecule has 4 nitrogen and oxygen atoms in total. The van der Waals surface area contributed by atoms with Crippen LogP contribution in [0.25, 0.3) is 0 Å². The van der Waals surface area contributed by atoms with Crippen LogP contribution >= 0.6 is 0 Å². The van der Waals surface area contributed by atoms with Gasteiger partial charge in [0.1, 0.15) is 0 Å². The van der Waals surface area contributed by atoms with Crippen LogP contribution in [0.4, 0.5) is 0 Å². The summed E-state index contributed by atoms with van der Waals surface area (Å²) in [6.07, 6.45) is 2.16. The zero-order valence-corrected chi connectivity index (χ0v) is 10.0. The molecule has 0 saturated carbocycles. The van der Waals surface area contributed by atoms with E-state index in [0.29, 0.717) is 12.1 Å². The van der Waals surface area contributed by atoms with Gasteiger partial charge in [0.2, 0.25) is 0 Å². The van der Waals surface area contributed by atoms with Crippen LogP contribution in [0, 0.1) is 0 Å². The summed E-state index contributed by atoms with van der Waals surface area (Å²) in [5.41, 5.74) is -0.541. The maximum atomic E-state index is 9.20. The van der Waals surface area contributed by atoms with E-state index in [4.69, 9.17) is 0 Å². The molecule has 1 heterocycles. The molecule has 1 aliphatic rings. The van der Waals surface area contributed by atoms with Gasteiger partial charge in [-0.1, -0.05) is 0 Å².